The van der Waals surface area contributed by atoms with E-state index in [2.05, 4.69) is 0 Å². The van der Waals surface area contributed by atoms with Crippen molar-refractivity contribution in [3.05, 3.63) is 52.6 Å². The van der Waals surface area contributed by atoms with Gasteiger partial charge in [-0.15, -0.1) is 0 Å². The molecule has 28 heavy (non-hydrogen) atoms. The van der Waals surface area contributed by atoms with Gasteiger partial charge in [0.25, 0.3) is 0 Å². The highest BCUT2D eigenvalue weighted by Gasteiger charge is 2.16. The van der Waals surface area contributed by atoms with Gasteiger partial charge in [0, 0.05) is 19.7 Å². The molecule has 2 aliphatic heterocycles. The fourth-order valence-electron chi connectivity index (χ4n) is 3.06. The highest BCUT2D eigenvalue weighted by molar-refractivity contribution is 6.32. The largest absolute Gasteiger partial charge is 0.486 e. The first-order chi connectivity index (χ1) is 13.6. The minimum atomic E-state index is -0.124. The molecule has 0 spiro atoms. The normalized spacial score (nSPS) is 14.8. The van der Waals surface area contributed by atoms with Crippen molar-refractivity contribution < 1.29 is 23.7 Å². The summed E-state index contributed by atoms with van der Waals surface area (Å²) in [5.74, 6) is 2.47. The topological polar surface area (TPSA) is 57.2 Å². The van der Waals surface area contributed by atoms with Crippen LogP contribution < -0.4 is 18.9 Å². The second-order valence-corrected chi connectivity index (χ2v) is 6.94. The molecule has 0 radical (unpaired) electrons. The molecule has 7 heteroatoms. The first-order valence-electron chi connectivity index (χ1n) is 9.01. The molecule has 1 amide bonds. The smallest absolute Gasteiger partial charge is 0.246 e. The van der Waals surface area contributed by atoms with Gasteiger partial charge < -0.3 is 23.8 Å². The summed E-state index contributed by atoms with van der Waals surface area (Å²) < 4.78 is 22.2. The Hall–Kier alpha value is -2.86. The summed E-state index contributed by atoms with van der Waals surface area (Å²) in [6.45, 7) is 2.51. The molecule has 0 saturated carbocycles. The van der Waals surface area contributed by atoms with Crippen LogP contribution in [0.4, 0.5) is 0 Å². The van der Waals surface area contributed by atoms with Crippen molar-refractivity contribution in [1.82, 2.24) is 4.90 Å². The van der Waals surface area contributed by atoms with Crippen LogP contribution >= 0.6 is 11.6 Å². The lowest BCUT2D eigenvalue weighted by Gasteiger charge is -2.21. The average molecular weight is 402 g/mol. The fourth-order valence-corrected chi connectivity index (χ4v) is 3.33. The maximum Gasteiger partial charge on any atom is 0.246 e. The monoisotopic (exact) mass is 401 g/mol. The molecule has 4 rings (SSSR count). The molecule has 2 aliphatic rings. The number of hydrogen-bond acceptors (Lipinski definition) is 5. The Morgan fingerprint density at radius 3 is 2.54 bits per heavy atom. The van der Waals surface area contributed by atoms with Crippen molar-refractivity contribution >= 4 is 23.6 Å². The molecular formula is C21H20ClNO5. The van der Waals surface area contributed by atoms with E-state index in [1.165, 1.54) is 6.08 Å². The van der Waals surface area contributed by atoms with Crippen LogP contribution in [0.25, 0.3) is 6.08 Å². The van der Waals surface area contributed by atoms with E-state index in [0.29, 0.717) is 55.2 Å². The van der Waals surface area contributed by atoms with Crippen molar-refractivity contribution in [3.63, 3.8) is 0 Å². The number of likely N-dealkylation sites (N-methyl/N-ethyl adjacent to an activating group) is 1. The van der Waals surface area contributed by atoms with Gasteiger partial charge >= 0.3 is 0 Å². The molecule has 0 fully saturated rings. The zero-order valence-electron chi connectivity index (χ0n) is 15.4. The molecule has 0 unspecified atom stereocenters. The summed E-state index contributed by atoms with van der Waals surface area (Å²) in [6.07, 6.45) is 3.23. The molecule has 146 valence electrons. The average Bonchev–Trinajstić information content (AvgIpc) is 2.72. The highest BCUT2D eigenvalue weighted by atomic mass is 35.5. The Balaban J connectivity index is 1.42. The Bertz CT molecular complexity index is 927. The van der Waals surface area contributed by atoms with Gasteiger partial charge in [-0.2, -0.15) is 0 Å². The van der Waals surface area contributed by atoms with Crippen LogP contribution in [-0.4, -0.2) is 44.3 Å². The standard InChI is InChI=1S/C21H20ClNO5/c1-23(13-15-2-4-17-18(12-15)26-7-6-25-17)20(24)5-3-14-10-16(22)21-19(11-14)27-8-9-28-21/h2-5,10-12H,6-9,13H2,1H3/b5-3+. The molecule has 2 heterocycles. The quantitative estimate of drug-likeness (QED) is 0.733. The van der Waals surface area contributed by atoms with E-state index in [0.717, 1.165) is 16.9 Å². The van der Waals surface area contributed by atoms with E-state index in [9.17, 15) is 4.79 Å². The molecule has 0 aromatic heterocycles. The molecule has 2 aromatic carbocycles. The SMILES string of the molecule is CN(Cc1ccc2c(c1)OCCO2)C(=O)/C=C/c1cc(Cl)c2c(c1)OCCO2. The van der Waals surface area contributed by atoms with Crippen molar-refractivity contribution in [2.75, 3.05) is 33.5 Å². The fraction of sp³-hybridized carbons (Fsp3) is 0.286. The van der Waals surface area contributed by atoms with E-state index in [1.54, 1.807) is 24.1 Å². The van der Waals surface area contributed by atoms with E-state index in [-0.39, 0.29) is 5.91 Å². The number of carbonyl (C=O) groups excluding carboxylic acids is 1. The Labute approximate surface area is 168 Å². The maximum atomic E-state index is 12.5. The van der Waals surface area contributed by atoms with Crippen LogP contribution in [0.15, 0.2) is 36.4 Å². The second-order valence-electron chi connectivity index (χ2n) is 6.53. The van der Waals surface area contributed by atoms with Crippen LogP contribution in [0.3, 0.4) is 0 Å². The van der Waals surface area contributed by atoms with E-state index in [4.69, 9.17) is 30.5 Å². The first kappa shape index (κ1) is 18.5. The summed E-state index contributed by atoms with van der Waals surface area (Å²) in [5, 5.41) is 0.467. The van der Waals surface area contributed by atoms with Crippen LogP contribution in [0.5, 0.6) is 23.0 Å². The summed E-state index contributed by atoms with van der Waals surface area (Å²) >= 11 is 6.23. The number of rotatable bonds is 4. The Kier molecular flexibility index (Phi) is 5.30. The molecular weight excluding hydrogens is 382 g/mol. The van der Waals surface area contributed by atoms with Gasteiger partial charge in [0.05, 0.1) is 5.02 Å². The summed E-state index contributed by atoms with van der Waals surface area (Å²) in [5.41, 5.74) is 1.74. The number of benzene rings is 2. The van der Waals surface area contributed by atoms with Crippen molar-refractivity contribution in [2.45, 2.75) is 6.54 Å². The van der Waals surface area contributed by atoms with Gasteiger partial charge in [-0.1, -0.05) is 17.7 Å². The number of hydrogen-bond donors (Lipinski definition) is 0. The van der Waals surface area contributed by atoms with Crippen molar-refractivity contribution in [2.24, 2.45) is 0 Å². The van der Waals surface area contributed by atoms with Gasteiger partial charge in [0.15, 0.2) is 23.0 Å². The lowest BCUT2D eigenvalue weighted by molar-refractivity contribution is -0.125. The lowest BCUT2D eigenvalue weighted by Crippen LogP contribution is -2.24. The summed E-state index contributed by atoms with van der Waals surface area (Å²) in [7, 11) is 1.75. The minimum Gasteiger partial charge on any atom is -0.486 e. The third-order valence-electron chi connectivity index (χ3n) is 4.44. The van der Waals surface area contributed by atoms with Gasteiger partial charge in [-0.3, -0.25) is 4.79 Å². The number of carbonyl (C=O) groups is 1. The molecule has 2 aromatic rings. The maximum absolute atomic E-state index is 12.5. The number of halogens is 1. The van der Waals surface area contributed by atoms with Crippen molar-refractivity contribution in [1.29, 1.82) is 0 Å². The molecule has 6 nitrogen and oxygen atoms in total. The Morgan fingerprint density at radius 2 is 1.71 bits per heavy atom. The zero-order chi connectivity index (χ0) is 19.5. The van der Waals surface area contributed by atoms with Crippen LogP contribution in [0.1, 0.15) is 11.1 Å². The van der Waals surface area contributed by atoms with E-state index < -0.39 is 0 Å². The molecule has 0 atom stereocenters. The lowest BCUT2D eigenvalue weighted by atomic mass is 10.1. The summed E-state index contributed by atoms with van der Waals surface area (Å²) in [4.78, 5) is 14.1. The van der Waals surface area contributed by atoms with Crippen LogP contribution in [0, 0.1) is 0 Å². The van der Waals surface area contributed by atoms with Gasteiger partial charge in [-0.05, 0) is 41.5 Å². The van der Waals surface area contributed by atoms with Gasteiger partial charge in [0.2, 0.25) is 5.91 Å². The molecule has 0 aliphatic carbocycles. The number of fused-ring (bicyclic) bond motifs is 2. The third-order valence-corrected chi connectivity index (χ3v) is 4.72. The predicted molar refractivity (Wildman–Crippen MR) is 105 cm³/mol. The molecule has 0 saturated heterocycles. The minimum absolute atomic E-state index is 0.124. The van der Waals surface area contributed by atoms with Gasteiger partial charge in [0.1, 0.15) is 26.4 Å². The van der Waals surface area contributed by atoms with E-state index in [1.807, 2.05) is 24.3 Å². The van der Waals surface area contributed by atoms with Crippen LogP contribution in [0.2, 0.25) is 5.02 Å². The number of ether oxygens (including phenoxy) is 4. The Morgan fingerprint density at radius 1 is 1.00 bits per heavy atom. The first-order valence-corrected chi connectivity index (χ1v) is 9.39. The van der Waals surface area contributed by atoms with E-state index >= 15 is 0 Å². The number of nitrogens with zero attached hydrogens (tertiary/aromatic N) is 1. The highest BCUT2D eigenvalue weighted by Crippen LogP contribution is 2.38. The predicted octanol–water partition coefficient (Wildman–Crippen LogP) is 3.55. The molecule has 0 bridgehead atoms. The van der Waals surface area contributed by atoms with Crippen LogP contribution in [-0.2, 0) is 11.3 Å². The number of amides is 1. The van der Waals surface area contributed by atoms with Gasteiger partial charge in [-0.25, -0.2) is 0 Å². The second kappa shape index (κ2) is 8.02. The summed E-state index contributed by atoms with van der Waals surface area (Å²) in [6, 6.07) is 9.27. The van der Waals surface area contributed by atoms with Crippen molar-refractivity contribution in [3.8, 4) is 23.0 Å². The third kappa shape index (κ3) is 4.02. The molecule has 0 N–H and O–H groups in total. The zero-order valence-corrected chi connectivity index (χ0v) is 16.2.